The van der Waals surface area contributed by atoms with Gasteiger partial charge in [0.05, 0.1) is 31.9 Å². The lowest BCUT2D eigenvalue weighted by Gasteiger charge is -2.27. The quantitative estimate of drug-likeness (QED) is 0.906. The molecule has 0 saturated carbocycles. The van der Waals surface area contributed by atoms with Crippen LogP contribution in [-0.2, 0) is 4.74 Å². The van der Waals surface area contributed by atoms with E-state index in [-0.39, 0.29) is 11.9 Å². The Labute approximate surface area is 114 Å². The zero-order valence-corrected chi connectivity index (χ0v) is 11.9. The fourth-order valence-electron chi connectivity index (χ4n) is 2.25. The molecule has 1 saturated heterocycles. The summed E-state index contributed by atoms with van der Waals surface area (Å²) >= 11 is 0. The Bertz CT molecular complexity index is 479. The molecule has 1 N–H and O–H groups in total. The first kappa shape index (κ1) is 13.9. The van der Waals surface area contributed by atoms with E-state index in [0.717, 1.165) is 5.56 Å². The zero-order chi connectivity index (χ0) is 14.0. The first-order valence-corrected chi connectivity index (χ1v) is 6.60. The minimum Gasteiger partial charge on any atom is -0.496 e. The van der Waals surface area contributed by atoms with Gasteiger partial charge in [0, 0.05) is 0 Å². The highest BCUT2D eigenvalue weighted by atomic mass is 16.5. The van der Waals surface area contributed by atoms with Gasteiger partial charge < -0.3 is 14.8 Å². The maximum atomic E-state index is 12.3. The fourth-order valence-corrected chi connectivity index (χ4v) is 2.25. The van der Waals surface area contributed by atoms with Gasteiger partial charge in [-0.1, -0.05) is 13.8 Å². The largest absolute Gasteiger partial charge is 0.496 e. The van der Waals surface area contributed by atoms with E-state index in [1.165, 1.54) is 5.56 Å². The van der Waals surface area contributed by atoms with Crippen LogP contribution in [0.25, 0.3) is 0 Å². The van der Waals surface area contributed by atoms with E-state index < -0.39 is 0 Å². The predicted molar refractivity (Wildman–Crippen MR) is 73.9 cm³/mol. The lowest BCUT2D eigenvalue weighted by atomic mass is 9.94. The lowest BCUT2D eigenvalue weighted by molar-refractivity contribution is -0.00350. The van der Waals surface area contributed by atoms with Crippen LogP contribution in [-0.4, -0.2) is 32.3 Å². The minimum atomic E-state index is -0.0907. The number of carbonyl (C=O) groups is 1. The number of hydrogen-bond acceptors (Lipinski definition) is 3. The van der Waals surface area contributed by atoms with Crippen molar-refractivity contribution in [1.29, 1.82) is 0 Å². The Morgan fingerprint density at radius 1 is 1.42 bits per heavy atom. The maximum absolute atomic E-state index is 12.3. The molecule has 0 bridgehead atoms. The van der Waals surface area contributed by atoms with Gasteiger partial charge in [0.25, 0.3) is 5.91 Å². The van der Waals surface area contributed by atoms with Crippen LogP contribution in [0, 0.1) is 6.92 Å². The second-order valence-corrected chi connectivity index (χ2v) is 5.27. The van der Waals surface area contributed by atoms with Crippen molar-refractivity contribution < 1.29 is 14.3 Å². The van der Waals surface area contributed by atoms with Crippen LogP contribution in [0.3, 0.4) is 0 Å². The van der Waals surface area contributed by atoms with Gasteiger partial charge in [0.15, 0.2) is 0 Å². The molecule has 19 heavy (non-hydrogen) atoms. The van der Waals surface area contributed by atoms with E-state index in [1.807, 2.05) is 19.1 Å². The third-order valence-corrected chi connectivity index (χ3v) is 3.43. The molecule has 0 aromatic heterocycles. The molecule has 0 spiro atoms. The Balaban J connectivity index is 2.30. The summed E-state index contributed by atoms with van der Waals surface area (Å²) in [5.41, 5.74) is 2.93. The summed E-state index contributed by atoms with van der Waals surface area (Å²) in [4.78, 5) is 12.3. The molecule has 4 nitrogen and oxygen atoms in total. The van der Waals surface area contributed by atoms with E-state index in [4.69, 9.17) is 9.47 Å². The lowest BCUT2D eigenvalue weighted by Crippen LogP contribution is -2.48. The summed E-state index contributed by atoms with van der Waals surface area (Å²) in [6, 6.07) is 4.00. The van der Waals surface area contributed by atoms with Crippen molar-refractivity contribution in [2.24, 2.45) is 0 Å². The molecule has 104 valence electrons. The van der Waals surface area contributed by atoms with E-state index in [1.54, 1.807) is 7.11 Å². The van der Waals surface area contributed by atoms with Crippen molar-refractivity contribution in [3.63, 3.8) is 0 Å². The van der Waals surface area contributed by atoms with Crippen LogP contribution in [0.2, 0.25) is 0 Å². The van der Waals surface area contributed by atoms with Crippen molar-refractivity contribution >= 4 is 5.91 Å². The second-order valence-electron chi connectivity index (χ2n) is 5.27. The van der Waals surface area contributed by atoms with Gasteiger partial charge in [-0.3, -0.25) is 4.79 Å². The Morgan fingerprint density at radius 2 is 2.11 bits per heavy atom. The standard InChI is InChI=1S/C15H21NO3/c1-9(2)12-6-13(14(18-4)5-10(12)3)15(17)16-11-7-19-8-11/h5-6,9,11H,7-8H2,1-4H3,(H,16,17). The van der Waals surface area contributed by atoms with E-state index in [9.17, 15) is 4.79 Å². The second kappa shape index (κ2) is 5.61. The SMILES string of the molecule is COc1cc(C)c(C(C)C)cc1C(=O)NC1COC1. The number of nitrogens with one attached hydrogen (secondary N) is 1. The Kier molecular flexibility index (Phi) is 4.10. The van der Waals surface area contributed by atoms with Crippen LogP contribution >= 0.6 is 0 Å². The molecule has 1 fully saturated rings. The van der Waals surface area contributed by atoms with Crippen molar-refractivity contribution in [2.45, 2.75) is 32.7 Å². The first-order chi connectivity index (χ1) is 9.02. The van der Waals surface area contributed by atoms with Crippen molar-refractivity contribution in [3.8, 4) is 5.75 Å². The Hall–Kier alpha value is -1.55. The van der Waals surface area contributed by atoms with Crippen LogP contribution in [0.1, 0.15) is 41.3 Å². The fraction of sp³-hybridized carbons (Fsp3) is 0.533. The van der Waals surface area contributed by atoms with Gasteiger partial charge in [-0.2, -0.15) is 0 Å². The number of hydrogen-bond donors (Lipinski definition) is 1. The third-order valence-electron chi connectivity index (χ3n) is 3.43. The number of carbonyl (C=O) groups excluding carboxylic acids is 1. The number of ether oxygens (including phenoxy) is 2. The molecule has 1 aromatic rings. The number of benzene rings is 1. The van der Waals surface area contributed by atoms with Gasteiger partial charge in [-0.25, -0.2) is 0 Å². The third kappa shape index (κ3) is 2.89. The van der Waals surface area contributed by atoms with E-state index >= 15 is 0 Å². The maximum Gasteiger partial charge on any atom is 0.255 e. The number of methoxy groups -OCH3 is 1. The molecule has 1 heterocycles. The summed E-state index contributed by atoms with van der Waals surface area (Å²) in [6.45, 7) is 7.47. The van der Waals surface area contributed by atoms with Crippen LogP contribution in [0.15, 0.2) is 12.1 Å². The van der Waals surface area contributed by atoms with Crippen LogP contribution in [0.4, 0.5) is 0 Å². The van der Waals surface area contributed by atoms with E-state index in [2.05, 4.69) is 19.2 Å². The summed E-state index contributed by atoms with van der Waals surface area (Å²) in [5.74, 6) is 0.913. The Morgan fingerprint density at radius 3 is 2.58 bits per heavy atom. The van der Waals surface area contributed by atoms with E-state index in [0.29, 0.717) is 30.4 Å². The van der Waals surface area contributed by atoms with Crippen LogP contribution in [0.5, 0.6) is 5.75 Å². The highest BCUT2D eigenvalue weighted by molar-refractivity contribution is 5.97. The normalized spacial score (nSPS) is 15.2. The molecular weight excluding hydrogens is 242 g/mol. The van der Waals surface area contributed by atoms with Gasteiger partial charge in [-0.05, 0) is 36.1 Å². The highest BCUT2D eigenvalue weighted by Crippen LogP contribution is 2.28. The number of amides is 1. The molecule has 4 heteroatoms. The van der Waals surface area contributed by atoms with Crippen molar-refractivity contribution in [3.05, 3.63) is 28.8 Å². The van der Waals surface area contributed by atoms with Crippen molar-refractivity contribution in [2.75, 3.05) is 20.3 Å². The highest BCUT2D eigenvalue weighted by Gasteiger charge is 2.23. The first-order valence-electron chi connectivity index (χ1n) is 6.60. The molecule has 2 rings (SSSR count). The summed E-state index contributed by atoms with van der Waals surface area (Å²) in [6.07, 6.45) is 0. The van der Waals surface area contributed by atoms with Gasteiger partial charge in [0.1, 0.15) is 5.75 Å². The van der Waals surface area contributed by atoms with Gasteiger partial charge in [-0.15, -0.1) is 0 Å². The molecule has 0 atom stereocenters. The summed E-state index contributed by atoms with van der Waals surface area (Å²) < 4.78 is 10.4. The van der Waals surface area contributed by atoms with Crippen LogP contribution < -0.4 is 10.1 Å². The molecular formula is C15H21NO3. The average Bonchev–Trinajstić information content (AvgIpc) is 2.32. The van der Waals surface area contributed by atoms with Gasteiger partial charge >= 0.3 is 0 Å². The molecule has 0 unspecified atom stereocenters. The van der Waals surface area contributed by atoms with Gasteiger partial charge in [0.2, 0.25) is 0 Å². The number of aryl methyl sites for hydroxylation is 1. The molecule has 1 aromatic carbocycles. The molecule has 0 aliphatic carbocycles. The average molecular weight is 263 g/mol. The summed E-state index contributed by atoms with van der Waals surface area (Å²) in [5, 5.41) is 2.95. The smallest absolute Gasteiger partial charge is 0.255 e. The number of rotatable bonds is 4. The molecule has 1 aliphatic heterocycles. The monoisotopic (exact) mass is 263 g/mol. The molecule has 1 aliphatic rings. The topological polar surface area (TPSA) is 47.6 Å². The minimum absolute atomic E-state index is 0.0907. The molecule has 1 amide bonds. The summed E-state index contributed by atoms with van der Waals surface area (Å²) in [7, 11) is 1.59. The molecule has 0 radical (unpaired) electrons. The predicted octanol–water partition coefficient (Wildman–Crippen LogP) is 2.26. The zero-order valence-electron chi connectivity index (χ0n) is 11.9. The van der Waals surface area contributed by atoms with Crippen molar-refractivity contribution in [1.82, 2.24) is 5.32 Å².